The second-order valence-corrected chi connectivity index (χ2v) is 6.47. The number of hydrogen-bond acceptors (Lipinski definition) is 2. The Balaban J connectivity index is 1.79. The van der Waals surface area contributed by atoms with Crippen molar-refractivity contribution in [3.8, 4) is 11.3 Å². The zero-order chi connectivity index (χ0) is 14.8. The lowest BCUT2D eigenvalue weighted by Gasteiger charge is -2.29. The Hall–Kier alpha value is -1.55. The third-order valence-corrected chi connectivity index (χ3v) is 4.72. The van der Waals surface area contributed by atoms with Crippen molar-refractivity contribution in [3.63, 3.8) is 0 Å². The summed E-state index contributed by atoms with van der Waals surface area (Å²) >= 11 is 3.51. The first-order valence-electron chi connectivity index (χ1n) is 7.29. The molecule has 1 amide bonds. The lowest BCUT2D eigenvalue weighted by molar-refractivity contribution is 0.0666. The van der Waals surface area contributed by atoms with E-state index in [1.807, 2.05) is 35.2 Å². The summed E-state index contributed by atoms with van der Waals surface area (Å²) in [4.78, 5) is 14.3. The van der Waals surface area contributed by atoms with Crippen LogP contribution in [0, 0.1) is 5.92 Å². The average molecular weight is 348 g/mol. The summed E-state index contributed by atoms with van der Waals surface area (Å²) in [6, 6.07) is 11.5. The third kappa shape index (κ3) is 3.05. The van der Waals surface area contributed by atoms with Crippen LogP contribution >= 0.6 is 15.9 Å². The van der Waals surface area contributed by atoms with Gasteiger partial charge in [-0.25, -0.2) is 0 Å². The lowest BCUT2D eigenvalue weighted by Crippen LogP contribution is -2.37. The molecule has 2 aromatic rings. The molecule has 1 aliphatic heterocycles. The summed E-state index contributed by atoms with van der Waals surface area (Å²) in [6.45, 7) is 3.88. The van der Waals surface area contributed by atoms with Crippen molar-refractivity contribution in [2.75, 3.05) is 13.1 Å². The number of carbonyl (C=O) groups excluding carboxylic acids is 1. The van der Waals surface area contributed by atoms with Crippen molar-refractivity contribution in [1.82, 2.24) is 4.90 Å². The highest BCUT2D eigenvalue weighted by Crippen LogP contribution is 2.30. The van der Waals surface area contributed by atoms with Crippen LogP contribution in [-0.4, -0.2) is 23.9 Å². The molecule has 0 N–H and O–H groups in total. The van der Waals surface area contributed by atoms with Gasteiger partial charge in [-0.3, -0.25) is 4.79 Å². The van der Waals surface area contributed by atoms with E-state index in [0.29, 0.717) is 11.7 Å². The highest BCUT2D eigenvalue weighted by molar-refractivity contribution is 9.10. The van der Waals surface area contributed by atoms with Crippen LogP contribution in [0.5, 0.6) is 0 Å². The zero-order valence-corrected chi connectivity index (χ0v) is 13.6. The minimum Gasteiger partial charge on any atom is -0.451 e. The Morgan fingerprint density at radius 1 is 1.19 bits per heavy atom. The van der Waals surface area contributed by atoms with E-state index in [-0.39, 0.29) is 5.91 Å². The van der Waals surface area contributed by atoms with Crippen molar-refractivity contribution in [3.05, 3.63) is 46.6 Å². The van der Waals surface area contributed by atoms with Crippen molar-refractivity contribution in [2.24, 2.45) is 5.92 Å². The monoisotopic (exact) mass is 347 g/mol. The maximum absolute atomic E-state index is 12.5. The SMILES string of the molecule is CC1CCN(C(=O)c2ccc(-c3ccccc3Br)o2)CC1. The molecule has 2 heterocycles. The minimum absolute atomic E-state index is 0.000188. The van der Waals surface area contributed by atoms with Gasteiger partial charge in [0.25, 0.3) is 5.91 Å². The highest BCUT2D eigenvalue weighted by atomic mass is 79.9. The molecule has 110 valence electrons. The number of rotatable bonds is 2. The fraction of sp³-hybridized carbons (Fsp3) is 0.353. The number of furan rings is 1. The van der Waals surface area contributed by atoms with Crippen LogP contribution in [0.15, 0.2) is 45.3 Å². The van der Waals surface area contributed by atoms with Crippen LogP contribution in [0.1, 0.15) is 30.3 Å². The molecular formula is C17H18BrNO2. The predicted molar refractivity (Wildman–Crippen MR) is 86.1 cm³/mol. The molecule has 1 aromatic heterocycles. The Bertz CT molecular complexity index is 642. The fourth-order valence-electron chi connectivity index (χ4n) is 2.63. The van der Waals surface area contributed by atoms with Gasteiger partial charge in [0.05, 0.1) is 0 Å². The third-order valence-electron chi connectivity index (χ3n) is 4.03. The van der Waals surface area contributed by atoms with Crippen molar-refractivity contribution in [1.29, 1.82) is 0 Å². The molecule has 1 saturated heterocycles. The molecule has 0 spiro atoms. The second kappa shape index (κ2) is 6.06. The van der Waals surface area contributed by atoms with Gasteiger partial charge in [-0.2, -0.15) is 0 Å². The van der Waals surface area contributed by atoms with Crippen LogP contribution in [0.3, 0.4) is 0 Å². The number of benzene rings is 1. The summed E-state index contributed by atoms with van der Waals surface area (Å²) in [5.41, 5.74) is 0.962. The number of carbonyl (C=O) groups is 1. The van der Waals surface area contributed by atoms with Gasteiger partial charge in [0, 0.05) is 23.1 Å². The molecule has 1 aliphatic rings. The molecule has 1 aromatic carbocycles. The number of piperidine rings is 1. The molecule has 1 fully saturated rings. The molecule has 4 heteroatoms. The van der Waals surface area contributed by atoms with Gasteiger partial charge in [-0.05, 0) is 37.0 Å². The molecule has 0 atom stereocenters. The first-order valence-corrected chi connectivity index (χ1v) is 8.08. The first kappa shape index (κ1) is 14.4. The molecule has 0 bridgehead atoms. The van der Waals surface area contributed by atoms with E-state index in [1.165, 1.54) is 0 Å². The van der Waals surface area contributed by atoms with Gasteiger partial charge in [0.1, 0.15) is 5.76 Å². The first-order chi connectivity index (χ1) is 10.1. The van der Waals surface area contributed by atoms with Crippen molar-refractivity contribution in [2.45, 2.75) is 19.8 Å². The lowest BCUT2D eigenvalue weighted by atomic mass is 9.99. The fourth-order valence-corrected chi connectivity index (χ4v) is 3.11. The smallest absolute Gasteiger partial charge is 0.289 e. The van der Waals surface area contributed by atoms with Crippen LogP contribution in [0.2, 0.25) is 0 Å². The van der Waals surface area contributed by atoms with Crippen molar-refractivity contribution < 1.29 is 9.21 Å². The quantitative estimate of drug-likeness (QED) is 0.796. The highest BCUT2D eigenvalue weighted by Gasteiger charge is 2.24. The van der Waals surface area contributed by atoms with E-state index in [4.69, 9.17) is 4.42 Å². The van der Waals surface area contributed by atoms with E-state index >= 15 is 0 Å². The van der Waals surface area contributed by atoms with Gasteiger partial charge in [0.15, 0.2) is 5.76 Å². The number of amides is 1. The zero-order valence-electron chi connectivity index (χ0n) is 12.0. The molecule has 0 aliphatic carbocycles. The van der Waals surface area contributed by atoms with Gasteiger partial charge >= 0.3 is 0 Å². The Morgan fingerprint density at radius 2 is 1.90 bits per heavy atom. The largest absolute Gasteiger partial charge is 0.451 e. The van der Waals surface area contributed by atoms with Gasteiger partial charge in [-0.15, -0.1) is 0 Å². The summed E-state index contributed by atoms with van der Waals surface area (Å²) < 4.78 is 6.73. The molecule has 21 heavy (non-hydrogen) atoms. The normalized spacial score (nSPS) is 16.2. The van der Waals surface area contributed by atoms with Gasteiger partial charge in [-0.1, -0.05) is 41.1 Å². The average Bonchev–Trinajstić information content (AvgIpc) is 2.97. The van der Waals surface area contributed by atoms with E-state index in [9.17, 15) is 4.79 Å². The maximum atomic E-state index is 12.5. The van der Waals surface area contributed by atoms with E-state index in [1.54, 1.807) is 6.07 Å². The minimum atomic E-state index is 0.000188. The topological polar surface area (TPSA) is 33.5 Å². The second-order valence-electron chi connectivity index (χ2n) is 5.62. The van der Waals surface area contributed by atoms with Crippen molar-refractivity contribution >= 4 is 21.8 Å². The summed E-state index contributed by atoms with van der Waals surface area (Å²) in [5, 5.41) is 0. The van der Waals surface area contributed by atoms with Gasteiger partial charge < -0.3 is 9.32 Å². The number of likely N-dealkylation sites (tertiary alicyclic amines) is 1. The van der Waals surface area contributed by atoms with Gasteiger partial charge in [0.2, 0.25) is 0 Å². The van der Waals surface area contributed by atoms with E-state index in [0.717, 1.165) is 41.7 Å². The predicted octanol–water partition coefficient (Wildman–Crippen LogP) is 4.58. The number of nitrogens with zero attached hydrogens (tertiary/aromatic N) is 1. The van der Waals surface area contributed by atoms with Crippen LogP contribution in [0.25, 0.3) is 11.3 Å². The van der Waals surface area contributed by atoms with Crippen LogP contribution < -0.4 is 0 Å². The summed E-state index contributed by atoms with van der Waals surface area (Å²) in [7, 11) is 0. The Morgan fingerprint density at radius 3 is 2.62 bits per heavy atom. The summed E-state index contributed by atoms with van der Waals surface area (Å²) in [6.07, 6.45) is 2.15. The molecule has 3 rings (SSSR count). The summed E-state index contributed by atoms with van der Waals surface area (Å²) in [5.74, 6) is 1.85. The Kier molecular flexibility index (Phi) is 4.15. The molecule has 0 unspecified atom stereocenters. The van der Waals surface area contributed by atoms with E-state index in [2.05, 4.69) is 22.9 Å². The van der Waals surface area contributed by atoms with E-state index < -0.39 is 0 Å². The molecule has 3 nitrogen and oxygen atoms in total. The number of hydrogen-bond donors (Lipinski definition) is 0. The van der Waals surface area contributed by atoms with Crippen LogP contribution in [-0.2, 0) is 0 Å². The molecular weight excluding hydrogens is 330 g/mol. The molecule has 0 radical (unpaired) electrons. The standard InChI is InChI=1S/C17H18BrNO2/c1-12-8-10-19(11-9-12)17(20)16-7-6-15(21-16)13-4-2-3-5-14(13)18/h2-7,12H,8-11H2,1H3. The number of halogens is 1. The molecule has 0 saturated carbocycles. The maximum Gasteiger partial charge on any atom is 0.289 e. The Labute approximate surface area is 133 Å². The van der Waals surface area contributed by atoms with Crippen LogP contribution in [0.4, 0.5) is 0 Å².